The summed E-state index contributed by atoms with van der Waals surface area (Å²) in [6, 6.07) is 2.85. The number of nitrogens with one attached hydrogen (secondary N) is 2. The molecule has 0 spiro atoms. The molecule has 2 amide bonds. The molecule has 0 saturated heterocycles. The number of hydrogen-bond donors (Lipinski definition) is 3. The summed E-state index contributed by atoms with van der Waals surface area (Å²) in [5.41, 5.74) is 6.35. The van der Waals surface area contributed by atoms with Crippen molar-refractivity contribution in [2.75, 3.05) is 11.9 Å². The standard InChI is InChI=1S/C13H20N4O2/c1-3-9(2)12(14)13(19)16-8-11(18)17-10-5-4-6-15-7-10/h4-7,9,12H,3,8,14H2,1-2H3,(H,16,19)(H,17,18). The molecule has 0 bridgehead atoms. The van der Waals surface area contributed by atoms with E-state index in [0.717, 1.165) is 6.42 Å². The van der Waals surface area contributed by atoms with Crippen LogP contribution >= 0.6 is 0 Å². The Labute approximate surface area is 112 Å². The zero-order valence-corrected chi connectivity index (χ0v) is 11.2. The fourth-order valence-electron chi connectivity index (χ4n) is 1.44. The molecule has 1 rings (SSSR count). The van der Waals surface area contributed by atoms with E-state index in [4.69, 9.17) is 5.73 Å². The largest absolute Gasteiger partial charge is 0.346 e. The highest BCUT2D eigenvalue weighted by Crippen LogP contribution is 2.05. The highest BCUT2D eigenvalue weighted by molar-refractivity contribution is 5.95. The zero-order valence-electron chi connectivity index (χ0n) is 11.2. The average molecular weight is 264 g/mol. The Morgan fingerprint density at radius 1 is 1.47 bits per heavy atom. The summed E-state index contributed by atoms with van der Waals surface area (Å²) in [5, 5.41) is 5.14. The van der Waals surface area contributed by atoms with Gasteiger partial charge in [0.1, 0.15) is 0 Å². The molecular formula is C13H20N4O2. The normalized spacial score (nSPS) is 13.4. The number of rotatable bonds is 6. The van der Waals surface area contributed by atoms with Crippen LogP contribution in [0.4, 0.5) is 5.69 Å². The quantitative estimate of drug-likeness (QED) is 0.697. The molecular weight excluding hydrogens is 244 g/mol. The van der Waals surface area contributed by atoms with Gasteiger partial charge in [-0.2, -0.15) is 0 Å². The van der Waals surface area contributed by atoms with E-state index in [1.54, 1.807) is 18.3 Å². The van der Waals surface area contributed by atoms with Crippen molar-refractivity contribution in [3.63, 3.8) is 0 Å². The highest BCUT2D eigenvalue weighted by Gasteiger charge is 2.19. The number of carbonyl (C=O) groups excluding carboxylic acids is 2. The van der Waals surface area contributed by atoms with Crippen molar-refractivity contribution in [3.05, 3.63) is 24.5 Å². The van der Waals surface area contributed by atoms with E-state index >= 15 is 0 Å². The minimum Gasteiger partial charge on any atom is -0.346 e. The molecule has 4 N–H and O–H groups in total. The number of carbonyl (C=O) groups is 2. The van der Waals surface area contributed by atoms with Crippen LogP contribution in [0.25, 0.3) is 0 Å². The molecule has 0 aliphatic carbocycles. The molecule has 1 aromatic rings. The van der Waals surface area contributed by atoms with Gasteiger partial charge in [0.05, 0.1) is 24.5 Å². The van der Waals surface area contributed by atoms with Crippen LogP contribution in [-0.2, 0) is 9.59 Å². The summed E-state index contributed by atoms with van der Waals surface area (Å²) in [6.45, 7) is 3.77. The monoisotopic (exact) mass is 264 g/mol. The van der Waals surface area contributed by atoms with Crippen molar-refractivity contribution >= 4 is 17.5 Å². The first kappa shape index (κ1) is 15.1. The first-order valence-electron chi connectivity index (χ1n) is 6.27. The molecule has 0 aliphatic heterocycles. The van der Waals surface area contributed by atoms with Crippen LogP contribution in [0.1, 0.15) is 20.3 Å². The van der Waals surface area contributed by atoms with Crippen molar-refractivity contribution in [3.8, 4) is 0 Å². The fourth-order valence-corrected chi connectivity index (χ4v) is 1.44. The third-order valence-corrected chi connectivity index (χ3v) is 2.93. The van der Waals surface area contributed by atoms with Gasteiger partial charge in [-0.1, -0.05) is 20.3 Å². The van der Waals surface area contributed by atoms with Crippen molar-refractivity contribution in [1.29, 1.82) is 0 Å². The molecule has 104 valence electrons. The van der Waals surface area contributed by atoms with Crippen molar-refractivity contribution in [2.24, 2.45) is 11.7 Å². The Hall–Kier alpha value is -1.95. The molecule has 0 saturated carbocycles. The molecule has 1 aromatic heterocycles. The second-order valence-corrected chi connectivity index (χ2v) is 4.42. The second kappa shape index (κ2) is 7.48. The van der Waals surface area contributed by atoms with Gasteiger partial charge in [0.2, 0.25) is 11.8 Å². The number of pyridine rings is 1. The summed E-state index contributed by atoms with van der Waals surface area (Å²) >= 11 is 0. The van der Waals surface area contributed by atoms with E-state index < -0.39 is 6.04 Å². The number of nitrogens with zero attached hydrogens (tertiary/aromatic N) is 1. The van der Waals surface area contributed by atoms with E-state index in [2.05, 4.69) is 15.6 Å². The molecule has 0 aromatic carbocycles. The van der Waals surface area contributed by atoms with Gasteiger partial charge in [-0.3, -0.25) is 14.6 Å². The summed E-state index contributed by atoms with van der Waals surface area (Å²) in [7, 11) is 0. The number of amides is 2. The van der Waals surface area contributed by atoms with Gasteiger partial charge in [-0.05, 0) is 18.1 Å². The van der Waals surface area contributed by atoms with Crippen LogP contribution in [0, 0.1) is 5.92 Å². The summed E-state index contributed by atoms with van der Waals surface area (Å²) in [4.78, 5) is 27.1. The van der Waals surface area contributed by atoms with E-state index in [9.17, 15) is 9.59 Å². The lowest BCUT2D eigenvalue weighted by atomic mass is 9.99. The maximum absolute atomic E-state index is 11.7. The SMILES string of the molecule is CCC(C)C(N)C(=O)NCC(=O)Nc1cccnc1. The van der Waals surface area contributed by atoms with Gasteiger partial charge >= 0.3 is 0 Å². The van der Waals surface area contributed by atoms with Crippen LogP contribution in [-0.4, -0.2) is 29.4 Å². The third-order valence-electron chi connectivity index (χ3n) is 2.93. The average Bonchev–Trinajstić information content (AvgIpc) is 2.44. The summed E-state index contributed by atoms with van der Waals surface area (Å²) in [6.07, 6.45) is 3.96. The smallest absolute Gasteiger partial charge is 0.243 e. The molecule has 6 heteroatoms. The van der Waals surface area contributed by atoms with Crippen molar-refractivity contribution < 1.29 is 9.59 Å². The summed E-state index contributed by atoms with van der Waals surface area (Å²) in [5.74, 6) is -0.533. The van der Waals surface area contributed by atoms with Crippen molar-refractivity contribution in [2.45, 2.75) is 26.3 Å². The highest BCUT2D eigenvalue weighted by atomic mass is 16.2. The number of anilines is 1. The zero-order chi connectivity index (χ0) is 14.3. The maximum Gasteiger partial charge on any atom is 0.243 e. The summed E-state index contributed by atoms with van der Waals surface area (Å²) < 4.78 is 0. The Bertz CT molecular complexity index is 422. The van der Waals surface area contributed by atoms with E-state index in [1.165, 1.54) is 6.20 Å². The molecule has 1 heterocycles. The molecule has 0 fully saturated rings. The lowest BCUT2D eigenvalue weighted by molar-refractivity contribution is -0.125. The number of hydrogen-bond acceptors (Lipinski definition) is 4. The van der Waals surface area contributed by atoms with Gasteiger partial charge in [-0.25, -0.2) is 0 Å². The molecule has 6 nitrogen and oxygen atoms in total. The third kappa shape index (κ3) is 5.05. The van der Waals surface area contributed by atoms with Crippen LogP contribution in [0.5, 0.6) is 0 Å². The lowest BCUT2D eigenvalue weighted by Gasteiger charge is -2.17. The molecule has 0 radical (unpaired) electrons. The Kier molecular flexibility index (Phi) is 5.95. The van der Waals surface area contributed by atoms with Crippen LogP contribution < -0.4 is 16.4 Å². The Morgan fingerprint density at radius 2 is 2.21 bits per heavy atom. The van der Waals surface area contributed by atoms with E-state index in [1.807, 2.05) is 13.8 Å². The van der Waals surface area contributed by atoms with Crippen molar-refractivity contribution in [1.82, 2.24) is 10.3 Å². The Balaban J connectivity index is 2.36. The fraction of sp³-hybridized carbons (Fsp3) is 0.462. The topological polar surface area (TPSA) is 97.1 Å². The minimum atomic E-state index is -0.587. The number of nitrogens with two attached hydrogens (primary N) is 1. The molecule has 2 unspecified atom stereocenters. The number of aromatic nitrogens is 1. The maximum atomic E-state index is 11.7. The first-order valence-corrected chi connectivity index (χ1v) is 6.27. The van der Waals surface area contributed by atoms with Crippen LogP contribution in [0.3, 0.4) is 0 Å². The van der Waals surface area contributed by atoms with E-state index in [0.29, 0.717) is 5.69 Å². The molecule has 19 heavy (non-hydrogen) atoms. The predicted molar refractivity (Wildman–Crippen MR) is 73.3 cm³/mol. The van der Waals surface area contributed by atoms with Gasteiger partial charge in [0.15, 0.2) is 0 Å². The predicted octanol–water partition coefficient (Wildman–Crippen LogP) is 0.510. The van der Waals surface area contributed by atoms with Gasteiger partial charge in [0.25, 0.3) is 0 Å². The second-order valence-electron chi connectivity index (χ2n) is 4.42. The van der Waals surface area contributed by atoms with Gasteiger partial charge < -0.3 is 16.4 Å². The molecule has 2 atom stereocenters. The van der Waals surface area contributed by atoms with Crippen LogP contribution in [0.2, 0.25) is 0 Å². The Morgan fingerprint density at radius 3 is 2.79 bits per heavy atom. The van der Waals surface area contributed by atoms with Crippen LogP contribution in [0.15, 0.2) is 24.5 Å². The van der Waals surface area contributed by atoms with E-state index in [-0.39, 0.29) is 24.3 Å². The van der Waals surface area contributed by atoms with Gasteiger partial charge in [0, 0.05) is 6.20 Å². The first-order chi connectivity index (χ1) is 9.04. The van der Waals surface area contributed by atoms with Gasteiger partial charge in [-0.15, -0.1) is 0 Å². The molecule has 0 aliphatic rings. The minimum absolute atomic E-state index is 0.0846. The lowest BCUT2D eigenvalue weighted by Crippen LogP contribution is -2.46.